The number of benzene rings is 6. The molecule has 3 aliphatic rings. The van der Waals surface area contributed by atoms with E-state index in [1.807, 2.05) is 11.3 Å². The summed E-state index contributed by atoms with van der Waals surface area (Å²) in [6.45, 7) is 0. The summed E-state index contributed by atoms with van der Waals surface area (Å²) >= 11 is 1.90. The minimum atomic E-state index is 0.0112. The number of rotatable bonds is 2. The largest absolute Gasteiger partial charge is 0.485 e. The summed E-state index contributed by atoms with van der Waals surface area (Å²) in [5, 5.41) is 10.6. The van der Waals surface area contributed by atoms with Gasteiger partial charge in [0.25, 0.3) is 0 Å². The Morgan fingerprint density at radius 2 is 1.16 bits per heavy atom. The van der Waals surface area contributed by atoms with Crippen LogP contribution in [0.15, 0.2) is 127 Å². The van der Waals surface area contributed by atoms with Crippen LogP contribution in [-0.4, -0.2) is 6.10 Å². The van der Waals surface area contributed by atoms with Crippen LogP contribution >= 0.6 is 11.3 Å². The Morgan fingerprint density at radius 1 is 0.545 bits per heavy atom. The summed E-state index contributed by atoms with van der Waals surface area (Å²) in [5.41, 5.74) is 8.09. The van der Waals surface area contributed by atoms with Gasteiger partial charge in [0.1, 0.15) is 11.9 Å². The van der Waals surface area contributed by atoms with E-state index < -0.39 is 0 Å². The van der Waals surface area contributed by atoms with Crippen LogP contribution in [0.25, 0.3) is 69.2 Å². The second-order valence-corrected chi connectivity index (χ2v) is 13.3. The molecule has 0 radical (unpaired) electrons. The average molecular weight is 581 g/mol. The van der Waals surface area contributed by atoms with E-state index in [0.29, 0.717) is 0 Å². The third-order valence-electron chi connectivity index (χ3n) is 9.86. The van der Waals surface area contributed by atoms with Gasteiger partial charge in [-0.25, -0.2) is 0 Å². The summed E-state index contributed by atoms with van der Waals surface area (Å²) in [6, 6.07) is 35.9. The fraction of sp³-hybridized carbons (Fsp3) is 0.0952. The SMILES string of the molecule is C1=CCCC(c2c3ccccc3c(C3=CC=C4c5c(ccc6c5ccc5c7ccccc7sc65)OC4C3)c3ccccc23)=C1. The van der Waals surface area contributed by atoms with E-state index in [1.165, 1.54) is 85.9 Å². The van der Waals surface area contributed by atoms with Crippen LogP contribution < -0.4 is 4.74 Å². The van der Waals surface area contributed by atoms with E-state index in [-0.39, 0.29) is 6.10 Å². The number of allylic oxidation sites excluding steroid dienone is 6. The molecular formula is C42H28OS. The van der Waals surface area contributed by atoms with Crippen LogP contribution in [0.5, 0.6) is 5.75 Å². The highest BCUT2D eigenvalue weighted by atomic mass is 32.1. The summed E-state index contributed by atoms with van der Waals surface area (Å²) in [5.74, 6) is 1.01. The average Bonchev–Trinajstić information content (AvgIpc) is 3.65. The third-order valence-corrected chi connectivity index (χ3v) is 11.1. The summed E-state index contributed by atoms with van der Waals surface area (Å²) in [6.07, 6.45) is 14.6. The number of fused-ring (bicyclic) bond motifs is 11. The van der Waals surface area contributed by atoms with Crippen molar-refractivity contribution < 1.29 is 4.74 Å². The van der Waals surface area contributed by atoms with E-state index >= 15 is 0 Å². The van der Waals surface area contributed by atoms with Crippen LogP contribution in [0.2, 0.25) is 0 Å². The van der Waals surface area contributed by atoms with Crippen LogP contribution in [0.3, 0.4) is 0 Å². The maximum Gasteiger partial charge on any atom is 0.129 e. The van der Waals surface area contributed by atoms with Gasteiger partial charge >= 0.3 is 0 Å². The molecule has 6 aromatic carbocycles. The van der Waals surface area contributed by atoms with Crippen molar-refractivity contribution in [3.05, 3.63) is 144 Å². The van der Waals surface area contributed by atoms with Crippen LogP contribution in [0.4, 0.5) is 0 Å². The van der Waals surface area contributed by atoms with Gasteiger partial charge in [-0.3, -0.25) is 0 Å². The molecule has 0 bridgehead atoms. The normalized spacial score (nSPS) is 17.5. The molecule has 1 unspecified atom stereocenters. The van der Waals surface area contributed by atoms with Crippen molar-refractivity contribution in [3.8, 4) is 5.75 Å². The first-order chi connectivity index (χ1) is 21.8. The monoisotopic (exact) mass is 580 g/mol. The number of ether oxygens (including phenoxy) is 1. The Balaban J connectivity index is 1.17. The molecule has 208 valence electrons. The van der Waals surface area contributed by atoms with Crippen LogP contribution in [0.1, 0.15) is 36.0 Å². The quantitative estimate of drug-likeness (QED) is 0.185. The standard InChI is InChI=1S/C42H28OS/c1-2-10-25(11-3-1)39-28-13-4-6-15-30(28)40(31-16-7-5-14-29(31)39)26-18-19-35-37(24-26)43-36-23-22-34-32(41(35)36)20-21-33-27-12-8-9-17-38(27)44-42(33)34/h1-2,4-10,12-23,37H,3,11,24H2. The molecule has 1 aliphatic heterocycles. The predicted octanol–water partition coefficient (Wildman–Crippen LogP) is 11.9. The summed E-state index contributed by atoms with van der Waals surface area (Å²) in [4.78, 5) is 0. The number of hydrogen-bond acceptors (Lipinski definition) is 2. The lowest BCUT2D eigenvalue weighted by Crippen LogP contribution is -2.15. The first-order valence-corrected chi connectivity index (χ1v) is 16.4. The first-order valence-electron chi connectivity index (χ1n) is 15.6. The van der Waals surface area contributed by atoms with Crippen molar-refractivity contribution in [3.63, 3.8) is 0 Å². The minimum Gasteiger partial charge on any atom is -0.485 e. The maximum atomic E-state index is 6.76. The predicted molar refractivity (Wildman–Crippen MR) is 190 cm³/mol. The number of hydrogen-bond donors (Lipinski definition) is 0. The van der Waals surface area contributed by atoms with E-state index in [9.17, 15) is 0 Å². The zero-order chi connectivity index (χ0) is 28.8. The van der Waals surface area contributed by atoms with Gasteiger partial charge in [0.15, 0.2) is 0 Å². The molecule has 10 rings (SSSR count). The lowest BCUT2D eigenvalue weighted by molar-refractivity contribution is 0.281. The second-order valence-electron chi connectivity index (χ2n) is 12.2. The Hall–Kier alpha value is -4.92. The van der Waals surface area contributed by atoms with Crippen molar-refractivity contribution in [1.29, 1.82) is 0 Å². The molecular weight excluding hydrogens is 553 g/mol. The Morgan fingerprint density at radius 3 is 1.89 bits per heavy atom. The molecule has 7 aromatic rings. The highest BCUT2D eigenvalue weighted by Crippen LogP contribution is 2.51. The zero-order valence-corrected chi connectivity index (χ0v) is 25.0. The highest BCUT2D eigenvalue weighted by molar-refractivity contribution is 7.26. The molecule has 2 aliphatic carbocycles. The van der Waals surface area contributed by atoms with Gasteiger partial charge in [0, 0.05) is 43.1 Å². The smallest absolute Gasteiger partial charge is 0.129 e. The minimum absolute atomic E-state index is 0.0112. The van der Waals surface area contributed by atoms with Gasteiger partial charge in [0.2, 0.25) is 0 Å². The van der Waals surface area contributed by atoms with Crippen molar-refractivity contribution in [2.45, 2.75) is 25.4 Å². The van der Waals surface area contributed by atoms with E-state index in [4.69, 9.17) is 4.74 Å². The molecule has 0 saturated heterocycles. The Bertz CT molecular complexity index is 2440. The molecule has 0 saturated carbocycles. The summed E-state index contributed by atoms with van der Waals surface area (Å²) < 4.78 is 9.47. The zero-order valence-electron chi connectivity index (χ0n) is 24.1. The van der Waals surface area contributed by atoms with Gasteiger partial charge in [-0.05, 0) is 80.2 Å². The second kappa shape index (κ2) is 9.29. The lowest BCUT2D eigenvalue weighted by atomic mass is 9.81. The molecule has 0 spiro atoms. The molecule has 1 nitrogen and oxygen atoms in total. The maximum absolute atomic E-state index is 6.76. The fourth-order valence-corrected chi connectivity index (χ4v) is 9.19. The van der Waals surface area contributed by atoms with Gasteiger partial charge in [-0.2, -0.15) is 0 Å². The van der Waals surface area contributed by atoms with Crippen molar-refractivity contribution in [1.82, 2.24) is 0 Å². The van der Waals surface area contributed by atoms with Crippen molar-refractivity contribution in [2.24, 2.45) is 0 Å². The van der Waals surface area contributed by atoms with E-state index in [1.54, 1.807) is 0 Å². The Kier molecular flexibility index (Phi) is 5.17. The van der Waals surface area contributed by atoms with Crippen molar-refractivity contribution in [2.75, 3.05) is 0 Å². The molecule has 1 aromatic heterocycles. The Labute approximate surface area is 259 Å². The molecule has 44 heavy (non-hydrogen) atoms. The topological polar surface area (TPSA) is 9.23 Å². The van der Waals surface area contributed by atoms with Crippen molar-refractivity contribution >= 4 is 80.5 Å². The molecule has 0 amide bonds. The molecule has 0 fully saturated rings. The molecule has 2 heteroatoms. The van der Waals surface area contributed by atoms with Crippen LogP contribution in [-0.2, 0) is 0 Å². The number of thiophene rings is 1. The van der Waals surface area contributed by atoms with Gasteiger partial charge in [0.05, 0.1) is 0 Å². The van der Waals surface area contributed by atoms with Gasteiger partial charge < -0.3 is 4.74 Å². The van der Waals surface area contributed by atoms with E-state index in [0.717, 1.165) is 25.0 Å². The highest BCUT2D eigenvalue weighted by Gasteiger charge is 2.34. The molecule has 0 N–H and O–H groups in total. The fourth-order valence-electron chi connectivity index (χ4n) is 7.96. The van der Waals surface area contributed by atoms with E-state index in [2.05, 4.69) is 127 Å². The first kappa shape index (κ1) is 24.5. The van der Waals surface area contributed by atoms with Crippen LogP contribution in [0, 0.1) is 0 Å². The van der Waals surface area contributed by atoms with Gasteiger partial charge in [-0.15, -0.1) is 11.3 Å². The molecule has 2 heterocycles. The molecule has 1 atom stereocenters. The van der Waals surface area contributed by atoms with Gasteiger partial charge in [-0.1, -0.05) is 109 Å². The summed E-state index contributed by atoms with van der Waals surface area (Å²) in [7, 11) is 0. The lowest BCUT2D eigenvalue weighted by Gasteiger charge is -2.24. The third kappa shape index (κ3) is 3.40.